The predicted octanol–water partition coefficient (Wildman–Crippen LogP) is 4.36. The molecular formula is C26H36N2O6. The fourth-order valence-corrected chi connectivity index (χ4v) is 4.53. The number of methoxy groups -OCH3 is 1. The van der Waals surface area contributed by atoms with Gasteiger partial charge < -0.3 is 24.0 Å². The summed E-state index contributed by atoms with van der Waals surface area (Å²) in [7, 11) is 1.36. The zero-order valence-corrected chi connectivity index (χ0v) is 20.6. The number of amides is 2. The first-order chi connectivity index (χ1) is 16.1. The van der Waals surface area contributed by atoms with Gasteiger partial charge >= 0.3 is 18.2 Å². The normalized spacial score (nSPS) is 21.2. The minimum atomic E-state index is -0.926. The maximum Gasteiger partial charge on any atom is 0.410 e. The summed E-state index contributed by atoms with van der Waals surface area (Å²) < 4.78 is 16.0. The van der Waals surface area contributed by atoms with Gasteiger partial charge in [-0.2, -0.15) is 0 Å². The smallest absolute Gasteiger partial charge is 0.410 e. The number of nitrogens with zero attached hydrogens (tertiary/aromatic N) is 2. The molecular weight excluding hydrogens is 436 g/mol. The zero-order chi connectivity index (χ0) is 24.9. The predicted molar refractivity (Wildman–Crippen MR) is 127 cm³/mol. The van der Waals surface area contributed by atoms with Gasteiger partial charge in [0.25, 0.3) is 0 Å². The van der Waals surface area contributed by atoms with Crippen molar-refractivity contribution in [2.45, 2.75) is 57.6 Å². The maximum absolute atomic E-state index is 13.0. The van der Waals surface area contributed by atoms with E-state index in [1.54, 1.807) is 9.80 Å². The Kier molecular flexibility index (Phi) is 7.89. The molecule has 8 heteroatoms. The highest BCUT2D eigenvalue weighted by Crippen LogP contribution is 2.47. The average molecular weight is 473 g/mol. The van der Waals surface area contributed by atoms with E-state index in [1.807, 2.05) is 51.1 Å². The molecule has 0 aromatic heterocycles. The van der Waals surface area contributed by atoms with Crippen molar-refractivity contribution in [3.63, 3.8) is 0 Å². The van der Waals surface area contributed by atoms with Crippen molar-refractivity contribution in [2.75, 3.05) is 33.4 Å². The lowest BCUT2D eigenvalue weighted by Gasteiger charge is -2.42. The van der Waals surface area contributed by atoms with Gasteiger partial charge in [0, 0.05) is 31.6 Å². The molecule has 1 saturated heterocycles. The van der Waals surface area contributed by atoms with Crippen molar-refractivity contribution < 1.29 is 28.6 Å². The first kappa shape index (κ1) is 25.6. The van der Waals surface area contributed by atoms with Crippen molar-refractivity contribution in [3.05, 3.63) is 48.6 Å². The number of benzene rings is 1. The SMILES string of the molecule is C=CCOC(=O)N(CC1(C(=O)OC)CCN(C(=O)OC(C)(C)C)CC1)C1CC1c1ccccc1. The van der Waals surface area contributed by atoms with Gasteiger partial charge in [0.15, 0.2) is 0 Å². The molecule has 1 aliphatic heterocycles. The number of hydrogen-bond acceptors (Lipinski definition) is 6. The Morgan fingerprint density at radius 3 is 2.38 bits per heavy atom. The van der Waals surface area contributed by atoms with Crippen LogP contribution in [0.4, 0.5) is 9.59 Å². The quantitative estimate of drug-likeness (QED) is 0.333. The average Bonchev–Trinajstić information content (AvgIpc) is 3.61. The number of rotatable bonds is 7. The van der Waals surface area contributed by atoms with Crippen LogP contribution in [0.15, 0.2) is 43.0 Å². The van der Waals surface area contributed by atoms with Gasteiger partial charge in [-0.15, -0.1) is 0 Å². The van der Waals surface area contributed by atoms with Gasteiger partial charge in [0.2, 0.25) is 0 Å². The molecule has 1 aromatic rings. The third-order valence-electron chi connectivity index (χ3n) is 6.41. The molecule has 8 nitrogen and oxygen atoms in total. The number of ether oxygens (including phenoxy) is 3. The molecule has 0 spiro atoms. The van der Waals surface area contributed by atoms with Gasteiger partial charge in [-0.25, -0.2) is 9.59 Å². The Morgan fingerprint density at radius 1 is 1.18 bits per heavy atom. The van der Waals surface area contributed by atoms with E-state index in [2.05, 4.69) is 6.58 Å². The van der Waals surface area contributed by atoms with E-state index >= 15 is 0 Å². The van der Waals surface area contributed by atoms with Crippen LogP contribution in [0.25, 0.3) is 0 Å². The van der Waals surface area contributed by atoms with Gasteiger partial charge in [0.05, 0.1) is 12.5 Å². The van der Waals surface area contributed by atoms with Crippen molar-refractivity contribution in [3.8, 4) is 0 Å². The molecule has 0 N–H and O–H groups in total. The number of likely N-dealkylation sites (tertiary alicyclic amines) is 1. The summed E-state index contributed by atoms with van der Waals surface area (Å²) in [6.07, 6.45) is 2.18. The van der Waals surface area contributed by atoms with Gasteiger partial charge in [-0.1, -0.05) is 43.0 Å². The Bertz CT molecular complexity index is 886. The summed E-state index contributed by atoms with van der Waals surface area (Å²) in [6.45, 7) is 10.0. The standard InChI is InChI=1S/C26H36N2O6/c1-6-16-33-24(31)28(21-17-20(21)19-10-8-7-9-11-19)18-26(22(29)32-5)12-14-27(15-13-26)23(30)34-25(2,3)4/h6-11,20-21H,1,12-18H2,2-5H3. The molecule has 1 aromatic carbocycles. The molecule has 34 heavy (non-hydrogen) atoms. The monoisotopic (exact) mass is 472 g/mol. The topological polar surface area (TPSA) is 85.4 Å². The first-order valence-corrected chi connectivity index (χ1v) is 11.8. The van der Waals surface area contributed by atoms with Crippen LogP contribution in [0, 0.1) is 5.41 Å². The van der Waals surface area contributed by atoms with E-state index in [1.165, 1.54) is 13.2 Å². The van der Waals surface area contributed by atoms with Crippen molar-refractivity contribution in [2.24, 2.45) is 5.41 Å². The number of carbonyl (C=O) groups excluding carboxylic acids is 3. The van der Waals surface area contributed by atoms with Gasteiger partial charge in [-0.3, -0.25) is 4.79 Å². The van der Waals surface area contributed by atoms with Crippen molar-refractivity contribution in [1.29, 1.82) is 0 Å². The van der Waals surface area contributed by atoms with Crippen LogP contribution >= 0.6 is 0 Å². The third-order valence-corrected chi connectivity index (χ3v) is 6.41. The highest BCUT2D eigenvalue weighted by atomic mass is 16.6. The second-order valence-corrected chi connectivity index (χ2v) is 10.1. The van der Waals surface area contributed by atoms with Crippen LogP contribution in [0.1, 0.15) is 51.5 Å². The molecule has 2 fully saturated rings. The van der Waals surface area contributed by atoms with Crippen LogP contribution < -0.4 is 0 Å². The van der Waals surface area contributed by atoms with E-state index in [4.69, 9.17) is 14.2 Å². The van der Waals surface area contributed by atoms with Crippen LogP contribution in [-0.2, 0) is 19.0 Å². The fourth-order valence-electron chi connectivity index (χ4n) is 4.53. The molecule has 2 aliphatic rings. The van der Waals surface area contributed by atoms with E-state index < -0.39 is 23.2 Å². The second-order valence-electron chi connectivity index (χ2n) is 10.1. The summed E-state index contributed by atoms with van der Waals surface area (Å²) in [5.41, 5.74) is -0.372. The number of esters is 1. The van der Waals surface area contributed by atoms with Crippen LogP contribution in [0.2, 0.25) is 0 Å². The number of carbonyl (C=O) groups is 3. The molecule has 1 heterocycles. The van der Waals surface area contributed by atoms with Gasteiger partial charge in [-0.05, 0) is 45.6 Å². The molecule has 0 bridgehead atoms. The largest absolute Gasteiger partial charge is 0.469 e. The Balaban J connectivity index is 1.77. The second kappa shape index (κ2) is 10.5. The molecule has 3 rings (SSSR count). The summed E-state index contributed by atoms with van der Waals surface area (Å²) in [5.74, 6) is -0.191. The highest BCUT2D eigenvalue weighted by molar-refractivity contribution is 5.79. The summed E-state index contributed by atoms with van der Waals surface area (Å²) in [6, 6.07) is 9.95. The molecule has 1 saturated carbocycles. The maximum atomic E-state index is 13.0. The summed E-state index contributed by atoms with van der Waals surface area (Å²) in [5, 5.41) is 0. The number of hydrogen-bond donors (Lipinski definition) is 0. The van der Waals surface area contributed by atoms with Crippen molar-refractivity contribution in [1.82, 2.24) is 9.80 Å². The van der Waals surface area contributed by atoms with E-state index in [0.29, 0.717) is 25.9 Å². The lowest BCUT2D eigenvalue weighted by atomic mass is 9.77. The molecule has 1 aliphatic carbocycles. The fraction of sp³-hybridized carbons (Fsp3) is 0.577. The van der Waals surface area contributed by atoms with E-state index in [9.17, 15) is 14.4 Å². The van der Waals surface area contributed by atoms with Crippen molar-refractivity contribution >= 4 is 18.2 Å². The van der Waals surface area contributed by atoms with Gasteiger partial charge in [0.1, 0.15) is 12.2 Å². The summed E-state index contributed by atoms with van der Waals surface area (Å²) >= 11 is 0. The van der Waals surface area contributed by atoms with E-state index in [-0.39, 0.29) is 31.1 Å². The summed E-state index contributed by atoms with van der Waals surface area (Å²) in [4.78, 5) is 41.8. The molecule has 186 valence electrons. The Labute approximate surface area is 201 Å². The minimum absolute atomic E-state index is 0.0647. The Hall–Kier alpha value is -3.03. The molecule has 0 radical (unpaired) electrons. The highest BCUT2D eigenvalue weighted by Gasteiger charge is 2.52. The van der Waals surface area contributed by atoms with Crippen LogP contribution in [-0.4, -0.2) is 72.9 Å². The lowest BCUT2D eigenvalue weighted by Crippen LogP contribution is -2.54. The zero-order valence-electron chi connectivity index (χ0n) is 20.6. The molecule has 2 unspecified atom stereocenters. The number of piperidine rings is 1. The molecule has 2 amide bonds. The Morgan fingerprint density at radius 2 is 1.82 bits per heavy atom. The first-order valence-electron chi connectivity index (χ1n) is 11.8. The van der Waals surface area contributed by atoms with Crippen LogP contribution in [0.5, 0.6) is 0 Å². The lowest BCUT2D eigenvalue weighted by molar-refractivity contribution is -0.157. The van der Waals surface area contributed by atoms with E-state index in [0.717, 1.165) is 12.0 Å². The third kappa shape index (κ3) is 6.10. The molecule has 2 atom stereocenters. The van der Waals surface area contributed by atoms with Crippen LogP contribution in [0.3, 0.4) is 0 Å². The minimum Gasteiger partial charge on any atom is -0.469 e.